The molecular weight excluding hydrogens is 282 g/mol. The van der Waals surface area contributed by atoms with Crippen molar-refractivity contribution in [2.45, 2.75) is 6.92 Å². The number of rotatable bonds is 4. The summed E-state index contributed by atoms with van der Waals surface area (Å²) >= 11 is 5.74. The van der Waals surface area contributed by atoms with Crippen LogP contribution in [0.3, 0.4) is 0 Å². The van der Waals surface area contributed by atoms with Gasteiger partial charge in [-0.3, -0.25) is 14.9 Å². The lowest BCUT2D eigenvalue weighted by molar-refractivity contribution is -0.385. The summed E-state index contributed by atoms with van der Waals surface area (Å²) in [6.07, 6.45) is 0.724. The van der Waals surface area contributed by atoms with E-state index in [2.05, 4.69) is 0 Å². The zero-order chi connectivity index (χ0) is 14.7. The Bertz CT molecular complexity index is 685. The Balaban J connectivity index is 2.39. The van der Waals surface area contributed by atoms with E-state index in [1.165, 1.54) is 18.2 Å². The average Bonchev–Trinajstić information content (AvgIpc) is 2.42. The number of carbonyl (C=O) groups excluding carboxylic acids is 1. The third kappa shape index (κ3) is 2.95. The van der Waals surface area contributed by atoms with Crippen LogP contribution in [-0.2, 0) is 0 Å². The molecule has 5 nitrogen and oxygen atoms in total. The average molecular weight is 292 g/mol. The van der Waals surface area contributed by atoms with Gasteiger partial charge in [-0.05, 0) is 42.8 Å². The topological polar surface area (TPSA) is 69.4 Å². The third-order valence-electron chi connectivity index (χ3n) is 2.67. The Hall–Kier alpha value is -2.40. The standard InChI is InChI=1S/C14H10ClNO4/c1-9-6-10(8-17)2-4-13(9)20-14-5-3-11(15)7-12(14)16(18)19/h2-8H,1H3. The maximum Gasteiger partial charge on any atom is 0.313 e. The molecule has 0 aliphatic carbocycles. The van der Waals surface area contributed by atoms with Crippen LogP contribution >= 0.6 is 11.6 Å². The molecule has 2 aromatic carbocycles. The zero-order valence-electron chi connectivity index (χ0n) is 10.5. The van der Waals surface area contributed by atoms with Gasteiger partial charge in [-0.2, -0.15) is 0 Å². The van der Waals surface area contributed by atoms with E-state index in [-0.39, 0.29) is 16.5 Å². The third-order valence-corrected chi connectivity index (χ3v) is 2.91. The van der Waals surface area contributed by atoms with Crippen molar-refractivity contribution in [3.05, 3.63) is 62.7 Å². The number of benzene rings is 2. The van der Waals surface area contributed by atoms with E-state index < -0.39 is 4.92 Å². The van der Waals surface area contributed by atoms with E-state index in [9.17, 15) is 14.9 Å². The van der Waals surface area contributed by atoms with Gasteiger partial charge in [-0.1, -0.05) is 11.6 Å². The largest absolute Gasteiger partial charge is 0.450 e. The molecule has 102 valence electrons. The van der Waals surface area contributed by atoms with Gasteiger partial charge in [-0.15, -0.1) is 0 Å². The fourth-order valence-electron chi connectivity index (χ4n) is 1.70. The molecule has 0 atom stereocenters. The summed E-state index contributed by atoms with van der Waals surface area (Å²) in [5.41, 5.74) is 1.01. The Morgan fingerprint density at radius 1 is 1.20 bits per heavy atom. The number of aldehydes is 1. The molecule has 0 aromatic heterocycles. The van der Waals surface area contributed by atoms with E-state index >= 15 is 0 Å². The first kappa shape index (κ1) is 14.0. The summed E-state index contributed by atoms with van der Waals surface area (Å²) in [5.74, 6) is 0.544. The lowest BCUT2D eigenvalue weighted by atomic mass is 10.1. The number of hydrogen-bond acceptors (Lipinski definition) is 4. The highest BCUT2D eigenvalue weighted by Crippen LogP contribution is 2.34. The van der Waals surface area contributed by atoms with Crippen LogP contribution in [0.1, 0.15) is 15.9 Å². The van der Waals surface area contributed by atoms with Gasteiger partial charge < -0.3 is 4.74 Å². The lowest BCUT2D eigenvalue weighted by Crippen LogP contribution is -1.95. The minimum absolute atomic E-state index is 0.0985. The van der Waals surface area contributed by atoms with Crippen molar-refractivity contribution >= 4 is 23.6 Å². The van der Waals surface area contributed by atoms with Gasteiger partial charge in [0.05, 0.1) is 4.92 Å². The molecule has 20 heavy (non-hydrogen) atoms. The van der Waals surface area contributed by atoms with Gasteiger partial charge in [0.25, 0.3) is 0 Å². The molecule has 2 aromatic rings. The Kier molecular flexibility index (Phi) is 4.00. The minimum atomic E-state index is -0.559. The Labute approximate surface area is 119 Å². The van der Waals surface area contributed by atoms with Crippen molar-refractivity contribution in [3.63, 3.8) is 0 Å². The summed E-state index contributed by atoms with van der Waals surface area (Å²) in [5, 5.41) is 11.2. The molecule has 6 heteroatoms. The maximum absolute atomic E-state index is 11.0. The molecule has 0 saturated carbocycles. The van der Waals surface area contributed by atoms with Crippen molar-refractivity contribution in [2.24, 2.45) is 0 Å². The molecule has 0 bridgehead atoms. The van der Waals surface area contributed by atoms with Crippen molar-refractivity contribution < 1.29 is 14.5 Å². The molecule has 0 saturated heterocycles. The van der Waals surface area contributed by atoms with Crippen LogP contribution in [0.4, 0.5) is 5.69 Å². The molecule has 0 aliphatic rings. The molecular formula is C14H10ClNO4. The highest BCUT2D eigenvalue weighted by molar-refractivity contribution is 6.30. The SMILES string of the molecule is Cc1cc(C=O)ccc1Oc1ccc(Cl)cc1[N+](=O)[O-]. The smallest absolute Gasteiger partial charge is 0.313 e. The van der Waals surface area contributed by atoms with Crippen molar-refractivity contribution in [3.8, 4) is 11.5 Å². The molecule has 0 unspecified atom stereocenters. The summed E-state index contributed by atoms with van der Waals surface area (Å²) in [6.45, 7) is 1.75. The molecule has 0 fully saturated rings. The predicted octanol–water partition coefficient (Wildman–Crippen LogP) is 4.16. The molecule has 0 aliphatic heterocycles. The number of nitro benzene ring substituents is 1. The number of hydrogen-bond donors (Lipinski definition) is 0. The second kappa shape index (κ2) is 5.71. The van der Waals surface area contributed by atoms with Gasteiger partial charge in [0, 0.05) is 16.7 Å². The molecule has 0 radical (unpaired) electrons. The molecule has 0 spiro atoms. The van der Waals surface area contributed by atoms with E-state index in [4.69, 9.17) is 16.3 Å². The number of carbonyl (C=O) groups is 1. The zero-order valence-corrected chi connectivity index (χ0v) is 11.3. The second-order valence-corrected chi connectivity index (χ2v) is 4.55. The lowest BCUT2D eigenvalue weighted by Gasteiger charge is -2.09. The highest BCUT2D eigenvalue weighted by Gasteiger charge is 2.17. The van der Waals surface area contributed by atoms with Crippen LogP contribution in [0.5, 0.6) is 11.5 Å². The molecule has 0 amide bonds. The van der Waals surface area contributed by atoms with Crippen molar-refractivity contribution in [1.29, 1.82) is 0 Å². The Morgan fingerprint density at radius 2 is 1.90 bits per heavy atom. The number of aryl methyl sites for hydroxylation is 1. The van der Waals surface area contributed by atoms with Crippen molar-refractivity contribution in [2.75, 3.05) is 0 Å². The van der Waals surface area contributed by atoms with Crippen LogP contribution in [0.15, 0.2) is 36.4 Å². The fraction of sp³-hybridized carbons (Fsp3) is 0.0714. The first-order chi connectivity index (χ1) is 9.51. The Morgan fingerprint density at radius 3 is 2.50 bits per heavy atom. The van der Waals surface area contributed by atoms with E-state index in [1.807, 2.05) is 0 Å². The van der Waals surface area contributed by atoms with E-state index in [1.54, 1.807) is 25.1 Å². The summed E-state index contributed by atoms with van der Waals surface area (Å²) in [6, 6.07) is 9.00. The van der Waals surface area contributed by atoms with Crippen LogP contribution < -0.4 is 4.74 Å². The van der Waals surface area contributed by atoms with Gasteiger partial charge in [0.1, 0.15) is 12.0 Å². The van der Waals surface area contributed by atoms with Crippen molar-refractivity contribution in [1.82, 2.24) is 0 Å². The van der Waals surface area contributed by atoms with E-state index in [0.29, 0.717) is 16.9 Å². The summed E-state index contributed by atoms with van der Waals surface area (Å²) < 4.78 is 5.54. The van der Waals surface area contributed by atoms with Crippen LogP contribution in [0.2, 0.25) is 5.02 Å². The van der Waals surface area contributed by atoms with Gasteiger partial charge in [0.15, 0.2) is 0 Å². The van der Waals surface area contributed by atoms with Crippen LogP contribution in [0, 0.1) is 17.0 Å². The molecule has 0 heterocycles. The monoisotopic (exact) mass is 291 g/mol. The minimum Gasteiger partial charge on any atom is -0.450 e. The first-order valence-corrected chi connectivity index (χ1v) is 6.06. The normalized spacial score (nSPS) is 10.1. The molecule has 2 rings (SSSR count). The highest BCUT2D eigenvalue weighted by atomic mass is 35.5. The second-order valence-electron chi connectivity index (χ2n) is 4.11. The first-order valence-electron chi connectivity index (χ1n) is 5.69. The quantitative estimate of drug-likeness (QED) is 0.482. The summed E-state index contributed by atoms with van der Waals surface area (Å²) in [7, 11) is 0. The molecule has 0 N–H and O–H groups in total. The predicted molar refractivity (Wildman–Crippen MR) is 74.7 cm³/mol. The fourth-order valence-corrected chi connectivity index (χ4v) is 1.86. The number of halogens is 1. The maximum atomic E-state index is 11.0. The van der Waals surface area contributed by atoms with Gasteiger partial charge in [0.2, 0.25) is 5.75 Å². The van der Waals surface area contributed by atoms with Gasteiger partial charge in [-0.25, -0.2) is 0 Å². The van der Waals surface area contributed by atoms with Crippen LogP contribution in [0.25, 0.3) is 0 Å². The number of nitro groups is 1. The number of nitrogens with zero attached hydrogens (tertiary/aromatic N) is 1. The summed E-state index contributed by atoms with van der Waals surface area (Å²) in [4.78, 5) is 21.1. The van der Waals surface area contributed by atoms with Gasteiger partial charge >= 0.3 is 5.69 Å². The van der Waals surface area contributed by atoms with E-state index in [0.717, 1.165) is 6.29 Å². The number of ether oxygens (including phenoxy) is 1. The van der Waals surface area contributed by atoms with Crippen LogP contribution in [-0.4, -0.2) is 11.2 Å².